The minimum Gasteiger partial charge on any atom is -0.496 e. The minimum atomic E-state index is -0.0722. The van der Waals surface area contributed by atoms with Crippen LogP contribution in [0, 0.1) is 6.92 Å². The zero-order chi connectivity index (χ0) is 20.2. The molecular weight excluding hydrogens is 388 g/mol. The van der Waals surface area contributed by atoms with E-state index in [1.165, 1.54) is 11.3 Å². The summed E-state index contributed by atoms with van der Waals surface area (Å²) in [6, 6.07) is 11.7. The van der Waals surface area contributed by atoms with Crippen LogP contribution < -0.4 is 19.5 Å². The van der Waals surface area contributed by atoms with E-state index in [9.17, 15) is 4.79 Å². The monoisotopic (exact) mass is 410 g/mol. The van der Waals surface area contributed by atoms with E-state index in [2.05, 4.69) is 10.3 Å². The molecule has 1 aromatic heterocycles. The summed E-state index contributed by atoms with van der Waals surface area (Å²) in [7, 11) is 1.64. The van der Waals surface area contributed by atoms with E-state index < -0.39 is 0 Å². The Morgan fingerprint density at radius 3 is 2.83 bits per heavy atom. The molecule has 0 spiro atoms. The Morgan fingerprint density at radius 1 is 1.17 bits per heavy atom. The summed E-state index contributed by atoms with van der Waals surface area (Å²) in [5.74, 6) is 2.19. The van der Waals surface area contributed by atoms with Gasteiger partial charge < -0.3 is 19.5 Å². The van der Waals surface area contributed by atoms with E-state index in [0.29, 0.717) is 31.2 Å². The molecule has 0 radical (unpaired) electrons. The van der Waals surface area contributed by atoms with Crippen molar-refractivity contribution in [2.45, 2.75) is 19.8 Å². The third-order valence-electron chi connectivity index (χ3n) is 4.63. The number of carbonyl (C=O) groups excluding carboxylic acids is 1. The van der Waals surface area contributed by atoms with Crippen LogP contribution in [0.15, 0.2) is 41.8 Å². The molecule has 3 aromatic rings. The van der Waals surface area contributed by atoms with E-state index in [4.69, 9.17) is 14.2 Å². The molecule has 150 valence electrons. The van der Waals surface area contributed by atoms with Crippen molar-refractivity contribution in [2.75, 3.05) is 25.6 Å². The van der Waals surface area contributed by atoms with Gasteiger partial charge in [0.2, 0.25) is 5.91 Å². The maximum absolute atomic E-state index is 12.4. The maximum atomic E-state index is 12.4. The van der Waals surface area contributed by atoms with Crippen molar-refractivity contribution in [3.63, 3.8) is 0 Å². The van der Waals surface area contributed by atoms with Gasteiger partial charge in [-0.1, -0.05) is 17.7 Å². The first-order valence-corrected chi connectivity index (χ1v) is 10.3. The quantitative estimate of drug-likeness (QED) is 0.649. The molecule has 0 aliphatic carbocycles. The molecule has 0 unspecified atom stereocenters. The highest BCUT2D eigenvalue weighted by molar-refractivity contribution is 7.14. The van der Waals surface area contributed by atoms with Gasteiger partial charge in [0.15, 0.2) is 16.6 Å². The number of aromatic nitrogens is 1. The van der Waals surface area contributed by atoms with Gasteiger partial charge in [0.1, 0.15) is 19.0 Å². The summed E-state index contributed by atoms with van der Waals surface area (Å²) < 4.78 is 16.6. The van der Waals surface area contributed by atoms with Gasteiger partial charge >= 0.3 is 0 Å². The zero-order valence-electron chi connectivity index (χ0n) is 16.4. The topological polar surface area (TPSA) is 69.7 Å². The molecule has 0 fully saturated rings. The number of benzene rings is 2. The maximum Gasteiger partial charge on any atom is 0.226 e. The largest absolute Gasteiger partial charge is 0.496 e. The Morgan fingerprint density at radius 2 is 2.00 bits per heavy atom. The molecular formula is C22H22N2O4S. The van der Waals surface area contributed by atoms with Gasteiger partial charge in [-0.3, -0.25) is 4.79 Å². The lowest BCUT2D eigenvalue weighted by Gasteiger charge is -2.18. The minimum absolute atomic E-state index is 0.0722. The first-order valence-electron chi connectivity index (χ1n) is 9.41. The summed E-state index contributed by atoms with van der Waals surface area (Å²) in [6.07, 6.45) is 0.981. The highest BCUT2D eigenvalue weighted by Gasteiger charge is 2.14. The van der Waals surface area contributed by atoms with Crippen LogP contribution in [0.4, 0.5) is 5.13 Å². The van der Waals surface area contributed by atoms with Gasteiger partial charge in [0.05, 0.1) is 12.8 Å². The molecule has 1 N–H and O–H groups in total. The number of anilines is 1. The molecule has 7 heteroatoms. The lowest BCUT2D eigenvalue weighted by atomic mass is 10.1. The first-order chi connectivity index (χ1) is 14.1. The average Bonchev–Trinajstić information content (AvgIpc) is 3.20. The second-order valence-electron chi connectivity index (χ2n) is 6.77. The Balaban J connectivity index is 1.38. The Bertz CT molecular complexity index is 1030. The summed E-state index contributed by atoms with van der Waals surface area (Å²) in [6.45, 7) is 3.14. The molecule has 1 amide bonds. The lowest BCUT2D eigenvalue weighted by molar-refractivity contribution is -0.116. The van der Waals surface area contributed by atoms with E-state index >= 15 is 0 Å². The molecule has 1 aliphatic heterocycles. The van der Waals surface area contributed by atoms with Gasteiger partial charge in [-0.15, -0.1) is 11.3 Å². The van der Waals surface area contributed by atoms with Crippen LogP contribution in [0.2, 0.25) is 0 Å². The number of methoxy groups -OCH3 is 1. The molecule has 6 nitrogen and oxygen atoms in total. The highest BCUT2D eigenvalue weighted by Crippen LogP contribution is 2.33. The normalized spacial score (nSPS) is 12.5. The van der Waals surface area contributed by atoms with Crippen molar-refractivity contribution in [3.05, 3.63) is 52.9 Å². The molecule has 4 rings (SSSR count). The lowest BCUT2D eigenvalue weighted by Crippen LogP contribution is -2.15. The van der Waals surface area contributed by atoms with Crippen molar-refractivity contribution in [2.24, 2.45) is 0 Å². The number of nitrogens with one attached hydrogen (secondary N) is 1. The average molecular weight is 410 g/mol. The van der Waals surface area contributed by atoms with Crippen molar-refractivity contribution in [1.82, 2.24) is 4.98 Å². The number of thiazole rings is 1. The Labute approximate surface area is 173 Å². The summed E-state index contributed by atoms with van der Waals surface area (Å²) in [5.41, 5.74) is 3.87. The van der Waals surface area contributed by atoms with Crippen LogP contribution in [0.1, 0.15) is 17.5 Å². The third-order valence-corrected chi connectivity index (χ3v) is 5.39. The number of fused-ring (bicyclic) bond motifs is 1. The molecule has 29 heavy (non-hydrogen) atoms. The standard InChI is InChI=1S/C22H22N2O4S/c1-14-3-6-18(26-2)16(11-14)17-13-29-22(23-17)24-21(25)8-5-15-4-7-19-20(12-15)28-10-9-27-19/h3-4,6-7,11-13H,5,8-10H2,1-2H3,(H,23,24,25). The SMILES string of the molecule is COc1ccc(C)cc1-c1csc(NC(=O)CCc2ccc3c(c2)OCCO3)n1. The second kappa shape index (κ2) is 8.53. The highest BCUT2D eigenvalue weighted by atomic mass is 32.1. The van der Waals surface area contributed by atoms with E-state index in [1.54, 1.807) is 7.11 Å². The molecule has 0 saturated heterocycles. The fraction of sp³-hybridized carbons (Fsp3) is 0.273. The smallest absolute Gasteiger partial charge is 0.226 e. The van der Waals surface area contributed by atoms with Crippen LogP contribution in [0.3, 0.4) is 0 Å². The number of rotatable bonds is 6. The number of carbonyl (C=O) groups is 1. The third kappa shape index (κ3) is 4.51. The molecule has 0 saturated carbocycles. The fourth-order valence-corrected chi connectivity index (χ4v) is 3.89. The molecule has 0 atom stereocenters. The summed E-state index contributed by atoms with van der Waals surface area (Å²) >= 11 is 1.40. The number of hydrogen-bond acceptors (Lipinski definition) is 6. The van der Waals surface area contributed by atoms with E-state index in [0.717, 1.165) is 39.6 Å². The number of nitrogens with zero attached hydrogens (tertiary/aromatic N) is 1. The number of aryl methyl sites for hydroxylation is 2. The second-order valence-corrected chi connectivity index (χ2v) is 7.63. The van der Waals surface area contributed by atoms with Gasteiger partial charge in [-0.2, -0.15) is 0 Å². The van der Waals surface area contributed by atoms with Crippen LogP contribution in [-0.2, 0) is 11.2 Å². The Hall–Kier alpha value is -3.06. The summed E-state index contributed by atoms with van der Waals surface area (Å²) in [5, 5.41) is 5.39. The number of ether oxygens (including phenoxy) is 3. The number of hydrogen-bond donors (Lipinski definition) is 1. The van der Waals surface area contributed by atoms with Gasteiger partial charge in [-0.05, 0) is 43.2 Å². The van der Waals surface area contributed by atoms with Gasteiger partial charge in [0, 0.05) is 17.4 Å². The first kappa shape index (κ1) is 19.3. The van der Waals surface area contributed by atoms with Crippen LogP contribution in [-0.4, -0.2) is 31.2 Å². The van der Waals surface area contributed by atoms with Crippen LogP contribution in [0.25, 0.3) is 11.3 Å². The summed E-state index contributed by atoms with van der Waals surface area (Å²) in [4.78, 5) is 16.9. The Kier molecular flexibility index (Phi) is 5.67. The predicted molar refractivity (Wildman–Crippen MR) is 113 cm³/mol. The van der Waals surface area contributed by atoms with Crippen molar-refractivity contribution in [3.8, 4) is 28.5 Å². The van der Waals surface area contributed by atoms with Crippen LogP contribution in [0.5, 0.6) is 17.2 Å². The zero-order valence-corrected chi connectivity index (χ0v) is 17.2. The van der Waals surface area contributed by atoms with Gasteiger partial charge in [0.25, 0.3) is 0 Å². The van der Waals surface area contributed by atoms with Crippen molar-refractivity contribution in [1.29, 1.82) is 0 Å². The van der Waals surface area contributed by atoms with Gasteiger partial charge in [-0.25, -0.2) is 4.98 Å². The predicted octanol–water partition coefficient (Wildman–Crippen LogP) is 4.47. The van der Waals surface area contributed by atoms with E-state index in [-0.39, 0.29) is 5.91 Å². The van der Waals surface area contributed by atoms with Crippen molar-refractivity contribution < 1.29 is 19.0 Å². The van der Waals surface area contributed by atoms with Crippen LogP contribution >= 0.6 is 11.3 Å². The van der Waals surface area contributed by atoms with E-state index in [1.807, 2.05) is 48.7 Å². The molecule has 2 aromatic carbocycles. The van der Waals surface area contributed by atoms with Crippen molar-refractivity contribution >= 4 is 22.4 Å². The fourth-order valence-electron chi connectivity index (χ4n) is 3.16. The molecule has 0 bridgehead atoms. The number of amides is 1. The molecule has 2 heterocycles. The molecule has 1 aliphatic rings.